The van der Waals surface area contributed by atoms with Crippen LogP contribution < -0.4 is 5.32 Å². The number of carbonyl (C=O) groups excluding carboxylic acids is 2. The fourth-order valence-electron chi connectivity index (χ4n) is 3.97. The monoisotopic (exact) mass is 318 g/mol. The highest BCUT2D eigenvalue weighted by Gasteiger charge is 2.35. The summed E-state index contributed by atoms with van der Waals surface area (Å²) >= 11 is 0. The van der Waals surface area contributed by atoms with Crippen molar-refractivity contribution in [3.05, 3.63) is 18.7 Å². The number of aromatic nitrogens is 2. The number of hydrogen-bond acceptors (Lipinski definition) is 3. The zero-order valence-electron chi connectivity index (χ0n) is 13.8. The summed E-state index contributed by atoms with van der Waals surface area (Å²) in [4.78, 5) is 30.6. The Kier molecular flexibility index (Phi) is 4.98. The summed E-state index contributed by atoms with van der Waals surface area (Å²) in [5.74, 6) is 0.273. The van der Waals surface area contributed by atoms with Gasteiger partial charge in [-0.3, -0.25) is 9.59 Å². The first kappa shape index (κ1) is 16.0. The molecule has 1 aliphatic carbocycles. The van der Waals surface area contributed by atoms with Gasteiger partial charge >= 0.3 is 0 Å². The molecule has 2 heterocycles. The standard InChI is InChI=1S/C17H26N4O2/c1-13(22)19-16(14-5-2-3-6-14)17(23)20-9-4-7-15(11-20)21-10-8-18-12-21/h8,10,12,14-16H,2-7,9,11H2,1H3,(H,19,22). The minimum absolute atomic E-state index is 0.0944. The van der Waals surface area contributed by atoms with E-state index in [4.69, 9.17) is 0 Å². The molecule has 126 valence electrons. The van der Waals surface area contributed by atoms with Gasteiger partial charge in [0.2, 0.25) is 11.8 Å². The fourth-order valence-corrected chi connectivity index (χ4v) is 3.97. The summed E-state index contributed by atoms with van der Waals surface area (Å²) in [6.45, 7) is 2.99. The quantitative estimate of drug-likeness (QED) is 0.919. The predicted octanol–water partition coefficient (Wildman–Crippen LogP) is 1.74. The van der Waals surface area contributed by atoms with Crippen molar-refractivity contribution in [2.75, 3.05) is 13.1 Å². The average molecular weight is 318 g/mol. The smallest absolute Gasteiger partial charge is 0.245 e. The van der Waals surface area contributed by atoms with Crippen molar-refractivity contribution in [2.24, 2.45) is 5.92 Å². The van der Waals surface area contributed by atoms with Gasteiger partial charge in [0, 0.05) is 32.4 Å². The Labute approximate surface area is 137 Å². The van der Waals surface area contributed by atoms with E-state index in [1.54, 1.807) is 6.20 Å². The van der Waals surface area contributed by atoms with Crippen molar-refractivity contribution in [1.82, 2.24) is 19.8 Å². The number of likely N-dealkylation sites (tertiary alicyclic amines) is 1. The normalized spacial score (nSPS) is 23.7. The number of imidazole rings is 1. The largest absolute Gasteiger partial charge is 0.344 e. The number of rotatable bonds is 4. The van der Waals surface area contributed by atoms with Crippen LogP contribution in [0.4, 0.5) is 0 Å². The Morgan fingerprint density at radius 2 is 2.00 bits per heavy atom. The molecule has 1 aromatic heterocycles. The number of carbonyl (C=O) groups is 2. The molecule has 2 unspecified atom stereocenters. The van der Waals surface area contributed by atoms with Crippen molar-refractivity contribution in [3.8, 4) is 0 Å². The fraction of sp³-hybridized carbons (Fsp3) is 0.706. The highest BCUT2D eigenvalue weighted by atomic mass is 16.2. The van der Waals surface area contributed by atoms with E-state index >= 15 is 0 Å². The third-order valence-corrected chi connectivity index (χ3v) is 5.15. The summed E-state index contributed by atoms with van der Waals surface area (Å²) < 4.78 is 2.09. The maximum absolute atomic E-state index is 13.0. The van der Waals surface area contributed by atoms with Crippen LogP contribution in [0.1, 0.15) is 51.5 Å². The molecule has 1 saturated carbocycles. The van der Waals surface area contributed by atoms with E-state index in [1.165, 1.54) is 6.92 Å². The molecule has 6 nitrogen and oxygen atoms in total. The Morgan fingerprint density at radius 3 is 2.65 bits per heavy atom. The van der Waals surface area contributed by atoms with E-state index in [0.29, 0.717) is 12.5 Å². The van der Waals surface area contributed by atoms with E-state index in [-0.39, 0.29) is 23.9 Å². The summed E-state index contributed by atoms with van der Waals surface area (Å²) in [5.41, 5.74) is 0. The van der Waals surface area contributed by atoms with Crippen LogP contribution in [0.15, 0.2) is 18.7 Å². The van der Waals surface area contributed by atoms with Gasteiger partial charge in [-0.05, 0) is 31.6 Å². The molecule has 1 aromatic rings. The van der Waals surface area contributed by atoms with E-state index in [9.17, 15) is 9.59 Å². The number of amides is 2. The molecular weight excluding hydrogens is 292 g/mol. The molecule has 1 N–H and O–H groups in total. The lowest BCUT2D eigenvalue weighted by Gasteiger charge is -2.36. The molecule has 3 rings (SSSR count). The van der Waals surface area contributed by atoms with Crippen molar-refractivity contribution < 1.29 is 9.59 Å². The molecule has 2 fully saturated rings. The van der Waals surface area contributed by atoms with Crippen LogP contribution in [0.25, 0.3) is 0 Å². The lowest BCUT2D eigenvalue weighted by Crippen LogP contribution is -2.53. The Bertz CT molecular complexity index is 537. The second-order valence-electron chi connectivity index (χ2n) is 6.81. The molecule has 6 heteroatoms. The van der Waals surface area contributed by atoms with Crippen LogP contribution >= 0.6 is 0 Å². The zero-order chi connectivity index (χ0) is 16.2. The van der Waals surface area contributed by atoms with E-state index < -0.39 is 0 Å². The van der Waals surface area contributed by atoms with Crippen LogP contribution in [0.2, 0.25) is 0 Å². The van der Waals surface area contributed by atoms with Crippen molar-refractivity contribution in [3.63, 3.8) is 0 Å². The van der Waals surface area contributed by atoms with Gasteiger partial charge in [0.05, 0.1) is 12.4 Å². The van der Waals surface area contributed by atoms with Crippen molar-refractivity contribution >= 4 is 11.8 Å². The van der Waals surface area contributed by atoms with Gasteiger partial charge in [-0.25, -0.2) is 4.98 Å². The van der Waals surface area contributed by atoms with Crippen LogP contribution in [0.3, 0.4) is 0 Å². The predicted molar refractivity (Wildman–Crippen MR) is 86.6 cm³/mol. The number of nitrogens with zero attached hydrogens (tertiary/aromatic N) is 3. The van der Waals surface area contributed by atoms with Gasteiger partial charge in [0.1, 0.15) is 6.04 Å². The first-order valence-electron chi connectivity index (χ1n) is 8.68. The van der Waals surface area contributed by atoms with E-state index in [2.05, 4.69) is 14.9 Å². The number of hydrogen-bond donors (Lipinski definition) is 1. The van der Waals surface area contributed by atoms with Crippen molar-refractivity contribution in [2.45, 2.75) is 57.5 Å². The maximum Gasteiger partial charge on any atom is 0.245 e. The molecule has 0 spiro atoms. The second-order valence-corrected chi connectivity index (χ2v) is 6.81. The summed E-state index contributed by atoms with van der Waals surface area (Å²) in [7, 11) is 0. The van der Waals surface area contributed by atoms with Crippen LogP contribution in [0, 0.1) is 5.92 Å². The maximum atomic E-state index is 13.0. The second kappa shape index (κ2) is 7.15. The highest BCUT2D eigenvalue weighted by molar-refractivity contribution is 5.87. The van der Waals surface area contributed by atoms with Gasteiger partial charge in [-0.15, -0.1) is 0 Å². The van der Waals surface area contributed by atoms with Gasteiger partial charge in [0.25, 0.3) is 0 Å². The molecule has 23 heavy (non-hydrogen) atoms. The molecule has 0 radical (unpaired) electrons. The van der Waals surface area contributed by atoms with Crippen molar-refractivity contribution in [1.29, 1.82) is 0 Å². The van der Waals surface area contributed by atoms with Gasteiger partial charge < -0.3 is 14.8 Å². The summed E-state index contributed by atoms with van der Waals surface area (Å²) in [6.07, 6.45) is 12.0. The molecule has 1 saturated heterocycles. The topological polar surface area (TPSA) is 67.2 Å². The molecule has 2 amide bonds. The first-order valence-corrected chi connectivity index (χ1v) is 8.68. The van der Waals surface area contributed by atoms with Gasteiger partial charge in [-0.1, -0.05) is 12.8 Å². The third kappa shape index (κ3) is 3.74. The van der Waals surface area contributed by atoms with Crippen LogP contribution in [0.5, 0.6) is 0 Å². The lowest BCUT2D eigenvalue weighted by atomic mass is 9.95. The minimum Gasteiger partial charge on any atom is -0.344 e. The third-order valence-electron chi connectivity index (χ3n) is 5.15. The van der Waals surface area contributed by atoms with Crippen LogP contribution in [-0.2, 0) is 9.59 Å². The molecule has 2 atom stereocenters. The summed E-state index contributed by atoms with van der Waals surface area (Å²) in [5, 5.41) is 2.92. The van der Waals surface area contributed by atoms with E-state index in [1.807, 2.05) is 17.4 Å². The average Bonchev–Trinajstić information content (AvgIpc) is 3.25. The SMILES string of the molecule is CC(=O)NC(C(=O)N1CCCC(n2ccnc2)C1)C1CCCC1. The molecule has 1 aliphatic heterocycles. The van der Waals surface area contributed by atoms with Crippen LogP contribution in [-0.4, -0.2) is 45.4 Å². The molecular formula is C17H26N4O2. The molecule has 0 bridgehead atoms. The summed E-state index contributed by atoms with van der Waals surface area (Å²) in [6, 6.07) is -0.0618. The van der Waals surface area contributed by atoms with E-state index in [0.717, 1.165) is 45.1 Å². The Morgan fingerprint density at radius 1 is 1.22 bits per heavy atom. The minimum atomic E-state index is -0.350. The molecule has 2 aliphatic rings. The first-order chi connectivity index (χ1) is 11.1. The Hall–Kier alpha value is -1.85. The highest BCUT2D eigenvalue weighted by Crippen LogP contribution is 2.30. The number of piperidine rings is 1. The lowest BCUT2D eigenvalue weighted by molar-refractivity contribution is -0.139. The zero-order valence-corrected chi connectivity index (χ0v) is 13.8. The number of nitrogens with one attached hydrogen (secondary N) is 1. The van der Waals surface area contributed by atoms with Gasteiger partial charge in [-0.2, -0.15) is 0 Å². The van der Waals surface area contributed by atoms with Gasteiger partial charge in [0.15, 0.2) is 0 Å². The Balaban J connectivity index is 1.69. The molecule has 0 aromatic carbocycles.